The first-order valence-electron chi connectivity index (χ1n) is 16.8. The van der Waals surface area contributed by atoms with Gasteiger partial charge in [0.2, 0.25) is 0 Å². The largest absolute Gasteiger partial charge is 0.491 e. The van der Waals surface area contributed by atoms with Gasteiger partial charge in [0.1, 0.15) is 49.4 Å². The molecule has 3 aromatic rings. The maximum Gasteiger partial charge on any atom is 0.261 e. The second-order valence-corrected chi connectivity index (χ2v) is 11.1. The minimum atomic E-state index is -0.331. The lowest BCUT2D eigenvalue weighted by Gasteiger charge is -2.17. The molecular weight excluding hydrogens is 650 g/mol. The zero-order valence-electron chi connectivity index (χ0n) is 28.2. The highest BCUT2D eigenvalue weighted by Gasteiger charge is 2.35. The fourth-order valence-electron chi connectivity index (χ4n) is 5.07. The second kappa shape index (κ2) is 21.1. The molecule has 2 heterocycles. The number of carbonyl (C=O) groups excluding carboxylic acids is 2. The number of carbonyl (C=O) groups is 2. The van der Waals surface area contributed by atoms with E-state index in [1.807, 2.05) is 24.3 Å². The molecule has 2 aliphatic heterocycles. The molecule has 13 nitrogen and oxygen atoms in total. The van der Waals surface area contributed by atoms with Crippen LogP contribution in [0.1, 0.15) is 26.3 Å². The van der Waals surface area contributed by atoms with Crippen molar-refractivity contribution < 1.29 is 57.0 Å². The summed E-state index contributed by atoms with van der Waals surface area (Å²) < 4.78 is 57.1. The molecule has 50 heavy (non-hydrogen) atoms. The van der Waals surface area contributed by atoms with Gasteiger partial charge in [0.05, 0.1) is 97.0 Å². The Morgan fingerprint density at radius 3 is 1.14 bits per heavy atom. The maximum atomic E-state index is 13.0. The van der Waals surface area contributed by atoms with Gasteiger partial charge in [-0.2, -0.15) is 0 Å². The number of fused-ring (bicyclic) bond motifs is 5. The summed E-state index contributed by atoms with van der Waals surface area (Å²) in [7, 11) is 0. The highest BCUT2D eigenvalue weighted by atomic mass is 16.6. The zero-order valence-corrected chi connectivity index (χ0v) is 28.2. The standard InChI is InChI=1S/C37H45NO12/c39-36-34-6-1-2-7-35(34)37(40)38(36)28-29-24-32-27-33(25-29)50-23-19-46-15-11-42-9-13-44-17-21-48-31-5-3-4-30(26-31)47-20-16-43-12-8-41-10-14-45-18-22-49-32/h1-7,24-27H,8-23,28H2. The highest BCUT2D eigenvalue weighted by molar-refractivity contribution is 6.21. The van der Waals surface area contributed by atoms with E-state index in [9.17, 15) is 9.59 Å². The first-order chi connectivity index (χ1) is 24.7. The number of hydrogen-bond donors (Lipinski definition) is 0. The molecule has 0 aliphatic carbocycles. The molecule has 0 atom stereocenters. The second-order valence-electron chi connectivity index (χ2n) is 11.1. The Hall–Kier alpha value is -4.24. The number of ether oxygens (including phenoxy) is 10. The van der Waals surface area contributed by atoms with Gasteiger partial charge in [-0.05, 0) is 42.0 Å². The summed E-state index contributed by atoms with van der Waals surface area (Å²) in [5, 5.41) is 0. The monoisotopic (exact) mass is 695 g/mol. The first-order valence-corrected chi connectivity index (χ1v) is 16.8. The lowest BCUT2D eigenvalue weighted by molar-refractivity contribution is 0.00433. The molecular formula is C37H45NO12. The Balaban J connectivity index is 1.10. The Bertz CT molecular complexity index is 1390. The molecule has 4 bridgehead atoms. The molecule has 0 N–H and O–H groups in total. The summed E-state index contributed by atoms with van der Waals surface area (Å²) in [4.78, 5) is 27.2. The van der Waals surface area contributed by atoms with Crippen LogP contribution in [-0.4, -0.2) is 122 Å². The average molecular weight is 696 g/mol. The molecule has 0 spiro atoms. The highest BCUT2D eigenvalue weighted by Crippen LogP contribution is 2.28. The minimum absolute atomic E-state index is 0.0720. The summed E-state index contributed by atoms with van der Waals surface area (Å²) in [6, 6.07) is 19.6. The van der Waals surface area contributed by atoms with E-state index in [0.717, 1.165) is 0 Å². The topological polar surface area (TPSA) is 130 Å². The van der Waals surface area contributed by atoms with Crippen LogP contribution in [0.4, 0.5) is 0 Å². The third kappa shape index (κ3) is 12.3. The molecule has 2 aliphatic rings. The number of benzene rings is 3. The van der Waals surface area contributed by atoms with E-state index >= 15 is 0 Å². The van der Waals surface area contributed by atoms with E-state index in [0.29, 0.717) is 132 Å². The number of hydrogen-bond acceptors (Lipinski definition) is 12. The molecule has 270 valence electrons. The van der Waals surface area contributed by atoms with Gasteiger partial charge in [-0.1, -0.05) is 18.2 Å². The van der Waals surface area contributed by atoms with Gasteiger partial charge in [0.25, 0.3) is 11.8 Å². The molecule has 0 saturated heterocycles. The molecule has 3 aromatic carbocycles. The third-order valence-corrected chi connectivity index (χ3v) is 7.44. The van der Waals surface area contributed by atoms with Gasteiger partial charge in [-0.25, -0.2) is 0 Å². The van der Waals surface area contributed by atoms with Crippen LogP contribution in [0.15, 0.2) is 66.7 Å². The van der Waals surface area contributed by atoms with Crippen LogP contribution in [0, 0.1) is 0 Å². The lowest BCUT2D eigenvalue weighted by Crippen LogP contribution is -2.29. The number of rotatable bonds is 2. The summed E-state index contributed by atoms with van der Waals surface area (Å²) in [5.41, 5.74) is 1.48. The Morgan fingerprint density at radius 2 is 0.740 bits per heavy atom. The van der Waals surface area contributed by atoms with Crippen molar-refractivity contribution >= 4 is 11.8 Å². The van der Waals surface area contributed by atoms with Crippen LogP contribution < -0.4 is 18.9 Å². The van der Waals surface area contributed by atoms with Crippen LogP contribution >= 0.6 is 0 Å². The van der Waals surface area contributed by atoms with E-state index < -0.39 is 0 Å². The first kappa shape index (κ1) is 37.0. The van der Waals surface area contributed by atoms with E-state index in [1.165, 1.54) is 4.90 Å². The predicted molar refractivity (Wildman–Crippen MR) is 180 cm³/mol. The van der Waals surface area contributed by atoms with Crippen molar-refractivity contribution in [3.05, 3.63) is 83.4 Å². The molecule has 0 aromatic heterocycles. The average Bonchev–Trinajstić information content (AvgIpc) is 3.36. The summed E-state index contributed by atoms with van der Waals surface area (Å²) in [6.07, 6.45) is 0. The smallest absolute Gasteiger partial charge is 0.261 e. The van der Waals surface area contributed by atoms with E-state index in [-0.39, 0.29) is 31.6 Å². The van der Waals surface area contributed by atoms with Crippen molar-refractivity contribution in [1.29, 1.82) is 0 Å². The van der Waals surface area contributed by atoms with Crippen molar-refractivity contribution in [2.24, 2.45) is 0 Å². The summed E-state index contributed by atoms with van der Waals surface area (Å²) in [6.45, 7) is 6.35. The number of nitrogens with zero attached hydrogens (tertiary/aromatic N) is 1. The van der Waals surface area contributed by atoms with Gasteiger partial charge in [0, 0.05) is 12.1 Å². The van der Waals surface area contributed by atoms with Crippen molar-refractivity contribution in [3.8, 4) is 23.0 Å². The number of imide groups is 1. The van der Waals surface area contributed by atoms with Gasteiger partial charge >= 0.3 is 0 Å². The van der Waals surface area contributed by atoms with Crippen LogP contribution in [0.25, 0.3) is 0 Å². The van der Waals surface area contributed by atoms with Crippen LogP contribution in [0.3, 0.4) is 0 Å². The van der Waals surface area contributed by atoms with Crippen molar-refractivity contribution in [2.45, 2.75) is 6.54 Å². The molecule has 5 rings (SSSR count). The van der Waals surface area contributed by atoms with Crippen LogP contribution in [0.2, 0.25) is 0 Å². The quantitative estimate of drug-likeness (QED) is 0.362. The van der Waals surface area contributed by atoms with Gasteiger partial charge < -0.3 is 47.4 Å². The summed E-state index contributed by atoms with van der Waals surface area (Å²) in [5.74, 6) is 1.79. The van der Waals surface area contributed by atoms with E-state index in [4.69, 9.17) is 47.4 Å². The summed E-state index contributed by atoms with van der Waals surface area (Å²) >= 11 is 0. The van der Waals surface area contributed by atoms with Crippen molar-refractivity contribution in [3.63, 3.8) is 0 Å². The lowest BCUT2D eigenvalue weighted by atomic mass is 10.1. The predicted octanol–water partition coefficient (Wildman–Crippen LogP) is 3.81. The fourth-order valence-corrected chi connectivity index (χ4v) is 5.07. The molecule has 0 fully saturated rings. The molecule has 0 saturated carbocycles. The van der Waals surface area contributed by atoms with E-state index in [2.05, 4.69) is 0 Å². The normalized spacial score (nSPS) is 18.6. The van der Waals surface area contributed by atoms with Gasteiger partial charge in [0.15, 0.2) is 0 Å². The van der Waals surface area contributed by atoms with E-state index in [1.54, 1.807) is 42.5 Å². The van der Waals surface area contributed by atoms with Crippen molar-refractivity contribution in [2.75, 3.05) is 106 Å². The van der Waals surface area contributed by atoms with Crippen molar-refractivity contribution in [1.82, 2.24) is 4.90 Å². The van der Waals surface area contributed by atoms with Crippen LogP contribution in [0.5, 0.6) is 23.0 Å². The Labute approximate surface area is 292 Å². The Kier molecular flexibility index (Phi) is 15.6. The van der Waals surface area contributed by atoms with Gasteiger partial charge in [-0.3, -0.25) is 14.5 Å². The fraction of sp³-hybridized carbons (Fsp3) is 0.459. The zero-order chi connectivity index (χ0) is 34.6. The third-order valence-electron chi connectivity index (χ3n) is 7.44. The Morgan fingerprint density at radius 1 is 0.400 bits per heavy atom. The SMILES string of the molecule is O=C1c2ccccc2C(=O)N1Cc1cc2cc(c1)OCCOCCOCCOCCOc1cccc(c1)OCCOCCOCCOCCO2. The molecule has 0 radical (unpaired) electrons. The molecule has 13 heteroatoms. The van der Waals surface area contributed by atoms with Gasteiger partial charge in [-0.15, -0.1) is 0 Å². The van der Waals surface area contributed by atoms with Crippen LogP contribution in [-0.2, 0) is 35.0 Å². The minimum Gasteiger partial charge on any atom is -0.491 e. The number of amides is 2. The molecule has 0 unspecified atom stereocenters. The maximum absolute atomic E-state index is 13.0. The molecule has 2 amide bonds.